The highest BCUT2D eigenvalue weighted by Crippen LogP contribution is 2.33. The van der Waals surface area contributed by atoms with Crippen LogP contribution in [0.1, 0.15) is 11.1 Å². The molecule has 0 atom stereocenters. The van der Waals surface area contributed by atoms with Crippen molar-refractivity contribution in [2.24, 2.45) is 0 Å². The van der Waals surface area contributed by atoms with Gasteiger partial charge in [-0.25, -0.2) is 0 Å². The SMILES string of the molecule is C[N+]1(C)Cc2cc3ccc4ccccc4c3cc2C1. The Morgan fingerprint density at radius 3 is 2.26 bits per heavy atom. The first-order valence-electron chi connectivity index (χ1n) is 6.88. The highest BCUT2D eigenvalue weighted by molar-refractivity contribution is 6.07. The van der Waals surface area contributed by atoms with Crippen molar-refractivity contribution in [3.8, 4) is 0 Å². The minimum atomic E-state index is 1.07. The van der Waals surface area contributed by atoms with E-state index in [2.05, 4.69) is 62.6 Å². The van der Waals surface area contributed by atoms with Crippen molar-refractivity contribution in [1.29, 1.82) is 0 Å². The number of hydrogen-bond acceptors (Lipinski definition) is 0. The summed E-state index contributed by atoms with van der Waals surface area (Å²) in [6.45, 7) is 2.30. The van der Waals surface area contributed by atoms with Crippen LogP contribution < -0.4 is 0 Å². The van der Waals surface area contributed by atoms with Gasteiger partial charge in [0.25, 0.3) is 0 Å². The predicted octanol–water partition coefficient (Wildman–Crippen LogP) is 4.08. The first-order chi connectivity index (χ1) is 9.12. The van der Waals surface area contributed by atoms with Gasteiger partial charge < -0.3 is 4.48 Å². The first-order valence-corrected chi connectivity index (χ1v) is 6.88. The molecule has 1 aliphatic heterocycles. The van der Waals surface area contributed by atoms with Gasteiger partial charge in [-0.1, -0.05) is 36.4 Å². The zero-order valence-electron chi connectivity index (χ0n) is 11.5. The predicted molar refractivity (Wildman–Crippen MR) is 81.0 cm³/mol. The van der Waals surface area contributed by atoms with E-state index >= 15 is 0 Å². The van der Waals surface area contributed by atoms with Gasteiger partial charge in [0.05, 0.1) is 14.1 Å². The molecule has 0 aliphatic carbocycles. The fourth-order valence-electron chi connectivity index (χ4n) is 3.42. The molecule has 0 saturated carbocycles. The summed E-state index contributed by atoms with van der Waals surface area (Å²) >= 11 is 0. The quantitative estimate of drug-likeness (QED) is 0.415. The summed E-state index contributed by atoms with van der Waals surface area (Å²) in [6.07, 6.45) is 0. The lowest BCUT2D eigenvalue weighted by molar-refractivity contribution is -0.910. The molecular formula is C18H18N+. The largest absolute Gasteiger partial charge is 0.321 e. The van der Waals surface area contributed by atoms with Crippen LogP contribution in [-0.4, -0.2) is 18.6 Å². The average Bonchev–Trinajstić information content (AvgIpc) is 2.69. The zero-order valence-corrected chi connectivity index (χ0v) is 11.5. The highest BCUT2D eigenvalue weighted by atomic mass is 15.3. The third kappa shape index (κ3) is 1.66. The van der Waals surface area contributed by atoms with Crippen LogP contribution in [0.2, 0.25) is 0 Å². The van der Waals surface area contributed by atoms with Gasteiger partial charge in [-0.15, -0.1) is 0 Å². The van der Waals surface area contributed by atoms with E-state index in [1.165, 1.54) is 32.7 Å². The summed E-state index contributed by atoms with van der Waals surface area (Å²) in [6, 6.07) is 18.0. The molecule has 4 rings (SSSR count). The monoisotopic (exact) mass is 248 g/mol. The van der Waals surface area contributed by atoms with Gasteiger partial charge in [-0.2, -0.15) is 0 Å². The van der Waals surface area contributed by atoms with Crippen molar-refractivity contribution in [2.75, 3.05) is 14.1 Å². The van der Waals surface area contributed by atoms with E-state index in [1.807, 2.05) is 0 Å². The lowest BCUT2D eigenvalue weighted by atomic mass is 9.98. The van der Waals surface area contributed by atoms with Crippen molar-refractivity contribution in [2.45, 2.75) is 13.1 Å². The van der Waals surface area contributed by atoms with Gasteiger partial charge in [-0.3, -0.25) is 0 Å². The number of fused-ring (bicyclic) bond motifs is 4. The Kier molecular flexibility index (Phi) is 2.07. The van der Waals surface area contributed by atoms with Crippen LogP contribution in [0, 0.1) is 0 Å². The number of nitrogens with zero attached hydrogens (tertiary/aromatic N) is 1. The summed E-state index contributed by atoms with van der Waals surface area (Å²) in [5.74, 6) is 0. The molecule has 0 fully saturated rings. The summed E-state index contributed by atoms with van der Waals surface area (Å²) in [7, 11) is 4.62. The van der Waals surface area contributed by atoms with Gasteiger partial charge in [0.1, 0.15) is 13.1 Å². The van der Waals surface area contributed by atoms with E-state index in [0.717, 1.165) is 17.6 Å². The number of quaternary nitrogens is 1. The Morgan fingerprint density at radius 1 is 0.737 bits per heavy atom. The van der Waals surface area contributed by atoms with Crippen LogP contribution in [0.15, 0.2) is 48.5 Å². The maximum Gasteiger partial charge on any atom is 0.105 e. The Labute approximate surface area is 113 Å². The lowest BCUT2D eigenvalue weighted by Crippen LogP contribution is -2.32. The molecular weight excluding hydrogens is 230 g/mol. The van der Waals surface area contributed by atoms with E-state index in [1.54, 1.807) is 0 Å². The Morgan fingerprint density at radius 2 is 1.42 bits per heavy atom. The van der Waals surface area contributed by atoms with Crippen molar-refractivity contribution < 1.29 is 4.48 Å². The van der Waals surface area contributed by atoms with Crippen LogP contribution in [-0.2, 0) is 13.1 Å². The number of benzene rings is 3. The van der Waals surface area contributed by atoms with Crippen molar-refractivity contribution >= 4 is 21.5 Å². The van der Waals surface area contributed by atoms with Crippen LogP contribution in [0.5, 0.6) is 0 Å². The van der Waals surface area contributed by atoms with Gasteiger partial charge in [0.2, 0.25) is 0 Å². The molecule has 0 aromatic heterocycles. The third-order valence-electron chi connectivity index (χ3n) is 4.26. The molecule has 3 aromatic carbocycles. The van der Waals surface area contributed by atoms with Crippen LogP contribution in [0.25, 0.3) is 21.5 Å². The fraction of sp³-hybridized carbons (Fsp3) is 0.222. The third-order valence-corrected chi connectivity index (χ3v) is 4.26. The molecule has 3 aromatic rings. The van der Waals surface area contributed by atoms with E-state index in [-0.39, 0.29) is 0 Å². The molecule has 0 amide bonds. The summed E-state index contributed by atoms with van der Waals surface area (Å²) in [5, 5.41) is 5.49. The maximum atomic E-state index is 2.42. The molecule has 0 spiro atoms. The summed E-state index contributed by atoms with van der Waals surface area (Å²) in [5.41, 5.74) is 3.04. The van der Waals surface area contributed by atoms with Crippen molar-refractivity contribution in [1.82, 2.24) is 0 Å². The molecule has 19 heavy (non-hydrogen) atoms. The summed E-state index contributed by atoms with van der Waals surface area (Å²) in [4.78, 5) is 0. The van der Waals surface area contributed by atoms with Gasteiger partial charge in [-0.05, 0) is 33.7 Å². The minimum absolute atomic E-state index is 1.07. The van der Waals surface area contributed by atoms with Crippen LogP contribution in [0.3, 0.4) is 0 Å². The van der Waals surface area contributed by atoms with E-state index in [4.69, 9.17) is 0 Å². The summed E-state index contributed by atoms with van der Waals surface area (Å²) < 4.78 is 1.07. The minimum Gasteiger partial charge on any atom is -0.321 e. The smallest absolute Gasteiger partial charge is 0.105 e. The highest BCUT2D eigenvalue weighted by Gasteiger charge is 2.27. The Balaban J connectivity index is 2.07. The second kappa shape index (κ2) is 3.58. The first kappa shape index (κ1) is 11.0. The molecule has 0 saturated heterocycles. The van der Waals surface area contributed by atoms with Gasteiger partial charge in [0.15, 0.2) is 0 Å². The van der Waals surface area contributed by atoms with Gasteiger partial charge in [0, 0.05) is 11.1 Å². The fourth-order valence-corrected chi connectivity index (χ4v) is 3.42. The molecule has 1 nitrogen and oxygen atoms in total. The Hall–Kier alpha value is -1.86. The second-order valence-corrected chi connectivity index (χ2v) is 6.38. The molecule has 1 heteroatoms. The standard InChI is InChI=1S/C18H18N/c1-19(2)11-15-9-14-8-7-13-5-3-4-6-17(13)18(14)10-16(15)12-19/h3-10H,11-12H2,1-2H3/q+1. The molecule has 1 aliphatic rings. The van der Waals surface area contributed by atoms with E-state index in [9.17, 15) is 0 Å². The molecule has 0 bridgehead atoms. The molecule has 0 N–H and O–H groups in total. The maximum absolute atomic E-state index is 2.42. The normalized spacial score (nSPS) is 16.9. The number of rotatable bonds is 0. The molecule has 0 radical (unpaired) electrons. The molecule has 1 heterocycles. The van der Waals surface area contributed by atoms with Crippen LogP contribution >= 0.6 is 0 Å². The Bertz CT molecular complexity index is 799. The van der Waals surface area contributed by atoms with Crippen LogP contribution in [0.4, 0.5) is 0 Å². The van der Waals surface area contributed by atoms with Crippen molar-refractivity contribution in [3.63, 3.8) is 0 Å². The molecule has 94 valence electrons. The lowest BCUT2D eigenvalue weighted by Gasteiger charge is -2.22. The average molecular weight is 248 g/mol. The van der Waals surface area contributed by atoms with Crippen molar-refractivity contribution in [3.05, 3.63) is 59.7 Å². The van der Waals surface area contributed by atoms with E-state index < -0.39 is 0 Å². The topological polar surface area (TPSA) is 0 Å². The number of hydrogen-bond donors (Lipinski definition) is 0. The molecule has 0 unspecified atom stereocenters. The second-order valence-electron chi connectivity index (χ2n) is 6.38. The van der Waals surface area contributed by atoms with Gasteiger partial charge >= 0.3 is 0 Å². The van der Waals surface area contributed by atoms with E-state index in [0.29, 0.717) is 0 Å². The zero-order chi connectivity index (χ0) is 13.0.